The highest BCUT2D eigenvalue weighted by molar-refractivity contribution is 6.22. The van der Waals surface area contributed by atoms with Crippen LogP contribution in [0.1, 0.15) is 1.43 Å². The molecule has 0 bridgehead atoms. The van der Waals surface area contributed by atoms with Crippen LogP contribution in [0.5, 0.6) is 0 Å². The number of hydrogen-bond donors (Lipinski definition) is 0. The minimum absolute atomic E-state index is 0. The van der Waals surface area contributed by atoms with Gasteiger partial charge in [-0.1, -0.05) is 103 Å². The van der Waals surface area contributed by atoms with Gasteiger partial charge in [-0.2, -0.15) is 0 Å². The first-order valence-electron chi connectivity index (χ1n) is 11.3. The van der Waals surface area contributed by atoms with Crippen LogP contribution in [0.3, 0.4) is 0 Å². The molecular weight excluding hydrogens is 400 g/mol. The van der Waals surface area contributed by atoms with Crippen molar-refractivity contribution in [3.05, 3.63) is 121 Å². The van der Waals surface area contributed by atoms with Crippen molar-refractivity contribution in [3.8, 4) is 22.3 Å². The maximum atomic E-state index is 6.10. The van der Waals surface area contributed by atoms with Gasteiger partial charge in [0.1, 0.15) is 11.2 Å². The van der Waals surface area contributed by atoms with E-state index in [2.05, 4.69) is 109 Å². The van der Waals surface area contributed by atoms with Crippen LogP contribution in [0.4, 0.5) is 0 Å². The Kier molecular flexibility index (Phi) is 3.91. The third-order valence-electron chi connectivity index (χ3n) is 6.66. The Labute approximate surface area is 193 Å². The van der Waals surface area contributed by atoms with Crippen LogP contribution in [0.2, 0.25) is 0 Å². The lowest BCUT2D eigenvalue weighted by atomic mass is 9.86. The largest absolute Gasteiger partial charge is 0.456 e. The third kappa shape index (κ3) is 2.73. The fourth-order valence-electron chi connectivity index (χ4n) is 5.24. The van der Waals surface area contributed by atoms with Crippen LogP contribution in [0, 0.1) is 0 Å². The van der Waals surface area contributed by atoms with Gasteiger partial charge in [0.15, 0.2) is 0 Å². The first kappa shape index (κ1) is 18.2. The normalized spacial score (nSPS) is 11.6. The summed E-state index contributed by atoms with van der Waals surface area (Å²) in [5.41, 5.74) is 6.87. The average molecular weight is 424 g/mol. The predicted molar refractivity (Wildman–Crippen MR) is 142 cm³/mol. The molecule has 156 valence electrons. The van der Waals surface area contributed by atoms with Crippen molar-refractivity contribution in [2.75, 3.05) is 0 Å². The van der Waals surface area contributed by atoms with E-state index in [0.29, 0.717) is 0 Å². The van der Waals surface area contributed by atoms with Gasteiger partial charge in [0.2, 0.25) is 0 Å². The molecule has 1 nitrogen and oxygen atoms in total. The molecule has 0 aliphatic rings. The van der Waals surface area contributed by atoms with E-state index >= 15 is 0 Å². The summed E-state index contributed by atoms with van der Waals surface area (Å²) >= 11 is 0. The van der Waals surface area contributed by atoms with Gasteiger partial charge in [-0.25, -0.2) is 0 Å². The zero-order chi connectivity index (χ0) is 21.8. The molecule has 6 aromatic carbocycles. The van der Waals surface area contributed by atoms with Gasteiger partial charge in [0.05, 0.1) is 0 Å². The van der Waals surface area contributed by atoms with Crippen molar-refractivity contribution < 1.29 is 5.84 Å². The lowest BCUT2D eigenvalue weighted by Crippen LogP contribution is -1.90. The fraction of sp³-hybridized carbons (Fsp3) is 0. The quantitative estimate of drug-likeness (QED) is 0.252. The van der Waals surface area contributed by atoms with Crippen molar-refractivity contribution >= 4 is 43.5 Å². The molecule has 1 heteroatoms. The van der Waals surface area contributed by atoms with Gasteiger partial charge in [0, 0.05) is 12.2 Å². The highest BCUT2D eigenvalue weighted by Gasteiger charge is 2.17. The van der Waals surface area contributed by atoms with Crippen LogP contribution >= 0.6 is 0 Å². The van der Waals surface area contributed by atoms with Crippen LogP contribution in [-0.2, 0) is 0 Å². The first-order valence-corrected chi connectivity index (χ1v) is 11.3. The molecule has 0 saturated heterocycles. The van der Waals surface area contributed by atoms with Crippen LogP contribution in [-0.4, -0.2) is 0 Å². The van der Waals surface area contributed by atoms with Gasteiger partial charge in [-0.05, 0) is 62.0 Å². The van der Waals surface area contributed by atoms with E-state index in [0.717, 1.165) is 21.9 Å². The molecular formula is C32H22O. The SMILES string of the molecule is [2HH].c1ccc(-c2c3ccccc3c(-c3ccc4oc5ccccc5c4c3)c3ccccc23)cc1. The summed E-state index contributed by atoms with van der Waals surface area (Å²) in [5, 5.41) is 7.39. The Balaban J connectivity index is 0.00000217. The Morgan fingerprint density at radius 3 is 1.48 bits per heavy atom. The zero-order valence-electron chi connectivity index (χ0n) is 18.0. The molecule has 33 heavy (non-hydrogen) atoms. The maximum absolute atomic E-state index is 6.10. The molecule has 7 rings (SSSR count). The maximum Gasteiger partial charge on any atom is 0.135 e. The van der Waals surface area contributed by atoms with Crippen molar-refractivity contribution in [2.45, 2.75) is 0 Å². The third-order valence-corrected chi connectivity index (χ3v) is 6.66. The Hall–Kier alpha value is -4.36. The van der Waals surface area contributed by atoms with Crippen LogP contribution in [0.25, 0.3) is 65.7 Å². The van der Waals surface area contributed by atoms with Gasteiger partial charge >= 0.3 is 0 Å². The number of benzene rings is 6. The summed E-state index contributed by atoms with van der Waals surface area (Å²) in [6.07, 6.45) is 0. The van der Waals surface area contributed by atoms with Crippen LogP contribution in [0.15, 0.2) is 126 Å². The summed E-state index contributed by atoms with van der Waals surface area (Å²) in [6.45, 7) is 0. The minimum Gasteiger partial charge on any atom is -0.456 e. The van der Waals surface area contributed by atoms with E-state index in [9.17, 15) is 0 Å². The Bertz CT molecular complexity index is 1760. The van der Waals surface area contributed by atoms with Crippen molar-refractivity contribution in [1.82, 2.24) is 0 Å². The smallest absolute Gasteiger partial charge is 0.135 e. The molecule has 0 amide bonds. The van der Waals surface area contributed by atoms with Crippen molar-refractivity contribution in [2.24, 2.45) is 0 Å². The van der Waals surface area contributed by atoms with E-state index in [1.54, 1.807) is 0 Å². The van der Waals surface area contributed by atoms with Gasteiger partial charge < -0.3 is 4.42 Å². The summed E-state index contributed by atoms with van der Waals surface area (Å²) < 4.78 is 6.10. The lowest BCUT2D eigenvalue weighted by molar-refractivity contribution is 0.669. The first-order chi connectivity index (χ1) is 16.4. The molecule has 0 atom stereocenters. The number of hydrogen-bond acceptors (Lipinski definition) is 1. The lowest BCUT2D eigenvalue weighted by Gasteiger charge is -2.17. The summed E-state index contributed by atoms with van der Waals surface area (Å²) in [5.74, 6) is 0. The number of furan rings is 1. The molecule has 0 radical (unpaired) electrons. The van der Waals surface area contributed by atoms with E-state index in [4.69, 9.17) is 4.42 Å². The molecule has 1 aromatic heterocycles. The van der Waals surface area contributed by atoms with Crippen LogP contribution < -0.4 is 0 Å². The topological polar surface area (TPSA) is 13.1 Å². The number of fused-ring (bicyclic) bond motifs is 5. The minimum atomic E-state index is 0. The molecule has 1 heterocycles. The van der Waals surface area contributed by atoms with E-state index in [1.165, 1.54) is 43.8 Å². The molecule has 0 unspecified atom stereocenters. The molecule has 0 saturated carbocycles. The molecule has 0 N–H and O–H groups in total. The van der Waals surface area contributed by atoms with Crippen molar-refractivity contribution in [3.63, 3.8) is 0 Å². The number of rotatable bonds is 2. The molecule has 0 aliphatic carbocycles. The fourth-order valence-corrected chi connectivity index (χ4v) is 5.24. The summed E-state index contributed by atoms with van der Waals surface area (Å²) in [7, 11) is 0. The Morgan fingerprint density at radius 2 is 0.848 bits per heavy atom. The summed E-state index contributed by atoms with van der Waals surface area (Å²) in [4.78, 5) is 0. The molecule has 0 fully saturated rings. The number of para-hydroxylation sites is 1. The second kappa shape index (κ2) is 7.08. The van der Waals surface area contributed by atoms with E-state index < -0.39 is 0 Å². The monoisotopic (exact) mass is 423 g/mol. The summed E-state index contributed by atoms with van der Waals surface area (Å²) in [6, 6.07) is 43.1. The second-order valence-corrected chi connectivity index (χ2v) is 8.52. The molecule has 0 spiro atoms. The zero-order valence-corrected chi connectivity index (χ0v) is 18.0. The highest BCUT2D eigenvalue weighted by atomic mass is 16.3. The molecule has 0 aliphatic heterocycles. The van der Waals surface area contributed by atoms with Gasteiger partial charge in [-0.3, -0.25) is 0 Å². The second-order valence-electron chi connectivity index (χ2n) is 8.52. The molecule has 7 aromatic rings. The highest BCUT2D eigenvalue weighted by Crippen LogP contribution is 2.44. The predicted octanol–water partition coefficient (Wildman–Crippen LogP) is 9.47. The standard InChI is InChI=1S/C32H20O.H2/c1-2-10-21(11-3-1)31-24-13-4-6-15-26(24)32(27-16-7-5-14-25(27)31)22-18-19-30-28(20-22)23-12-8-9-17-29(23)33-30;/h1-20H;1H/i;1+1. The van der Waals surface area contributed by atoms with E-state index in [1.807, 2.05) is 12.1 Å². The van der Waals surface area contributed by atoms with Gasteiger partial charge in [0.25, 0.3) is 0 Å². The average Bonchev–Trinajstić information content (AvgIpc) is 3.25. The van der Waals surface area contributed by atoms with Gasteiger partial charge in [-0.15, -0.1) is 0 Å². The van der Waals surface area contributed by atoms with E-state index in [-0.39, 0.29) is 1.43 Å². The Morgan fingerprint density at radius 1 is 0.364 bits per heavy atom. The van der Waals surface area contributed by atoms with Crippen molar-refractivity contribution in [1.29, 1.82) is 0 Å².